The van der Waals surface area contributed by atoms with Crippen molar-refractivity contribution in [2.75, 3.05) is 12.9 Å². The number of thioether (sulfide) groups is 1. The van der Waals surface area contributed by atoms with Crippen LogP contribution in [0.1, 0.15) is 39.4 Å². The van der Waals surface area contributed by atoms with E-state index < -0.39 is 11.9 Å². The summed E-state index contributed by atoms with van der Waals surface area (Å²) in [5.41, 5.74) is 3.66. The fourth-order valence-electron chi connectivity index (χ4n) is 3.28. The monoisotopic (exact) mass is 449 g/mol. The van der Waals surface area contributed by atoms with Gasteiger partial charge in [-0.25, -0.2) is 4.79 Å². The summed E-state index contributed by atoms with van der Waals surface area (Å²) < 4.78 is 4.70. The van der Waals surface area contributed by atoms with Crippen LogP contribution < -0.4 is 10.6 Å². The second-order valence-electron chi connectivity index (χ2n) is 7.32. The van der Waals surface area contributed by atoms with Crippen LogP contribution in [0.4, 0.5) is 0 Å². The van der Waals surface area contributed by atoms with Crippen molar-refractivity contribution in [3.05, 3.63) is 81.4 Å². The summed E-state index contributed by atoms with van der Waals surface area (Å²) in [4.78, 5) is 36.2. The molecule has 7 nitrogen and oxygen atoms in total. The maximum absolute atomic E-state index is 12.3. The molecule has 0 fully saturated rings. The Labute approximate surface area is 190 Å². The molecule has 2 N–H and O–H groups in total. The molecule has 0 aliphatic carbocycles. The fraction of sp³-hybridized carbons (Fsp3) is 0.250. The Balaban J connectivity index is 1.68. The third kappa shape index (κ3) is 5.77. The predicted octanol–water partition coefficient (Wildman–Crippen LogP) is 3.17. The van der Waals surface area contributed by atoms with Crippen LogP contribution in [0.15, 0.2) is 59.1 Å². The third-order valence-electron chi connectivity index (χ3n) is 5.05. The van der Waals surface area contributed by atoms with Gasteiger partial charge in [0, 0.05) is 18.9 Å². The third-order valence-corrected chi connectivity index (χ3v) is 6.07. The van der Waals surface area contributed by atoms with E-state index in [0.717, 1.165) is 28.5 Å². The zero-order valence-electron chi connectivity index (χ0n) is 17.8. The Hall–Kier alpha value is -3.57. The van der Waals surface area contributed by atoms with Gasteiger partial charge in [-0.2, -0.15) is 5.26 Å². The lowest BCUT2D eigenvalue weighted by Gasteiger charge is -2.25. The normalized spacial score (nSPS) is 15.5. The zero-order valence-corrected chi connectivity index (χ0v) is 18.6. The van der Waals surface area contributed by atoms with Crippen molar-refractivity contribution in [1.82, 2.24) is 10.6 Å². The number of amides is 2. The second kappa shape index (κ2) is 10.6. The SMILES string of the molecule is COC(=O)c1ccc([C@@H]2CC(=O)NC(SCC(=O)NCc3ccc(C)cc3)=C2C#N)cc1. The lowest BCUT2D eigenvalue weighted by molar-refractivity contribution is -0.121. The smallest absolute Gasteiger partial charge is 0.337 e. The molecule has 0 spiro atoms. The average molecular weight is 450 g/mol. The van der Waals surface area contributed by atoms with Crippen LogP contribution in [0.25, 0.3) is 0 Å². The fourth-order valence-corrected chi connectivity index (χ4v) is 4.19. The topological polar surface area (TPSA) is 108 Å². The first-order chi connectivity index (χ1) is 15.4. The van der Waals surface area contributed by atoms with Crippen LogP contribution in [0.5, 0.6) is 0 Å². The van der Waals surface area contributed by atoms with Gasteiger partial charge in [-0.15, -0.1) is 0 Å². The molecule has 2 aromatic rings. The first-order valence-electron chi connectivity index (χ1n) is 9.98. The first kappa shape index (κ1) is 23.1. The van der Waals surface area contributed by atoms with Gasteiger partial charge in [0.25, 0.3) is 0 Å². The first-order valence-corrected chi connectivity index (χ1v) is 11.0. The molecule has 3 rings (SSSR count). The summed E-state index contributed by atoms with van der Waals surface area (Å²) in [6.45, 7) is 2.41. The van der Waals surface area contributed by atoms with Gasteiger partial charge in [0.15, 0.2) is 0 Å². The van der Waals surface area contributed by atoms with Crippen molar-refractivity contribution >= 4 is 29.5 Å². The van der Waals surface area contributed by atoms with Crippen LogP contribution in [-0.4, -0.2) is 30.6 Å². The Morgan fingerprint density at radius 2 is 1.88 bits per heavy atom. The van der Waals surface area contributed by atoms with Crippen molar-refractivity contribution in [3.8, 4) is 6.07 Å². The number of allylic oxidation sites excluding steroid dienone is 1. The van der Waals surface area contributed by atoms with Crippen molar-refractivity contribution < 1.29 is 19.1 Å². The number of hydrogen-bond donors (Lipinski definition) is 2. The van der Waals surface area contributed by atoms with E-state index in [1.807, 2.05) is 31.2 Å². The van der Waals surface area contributed by atoms with E-state index in [4.69, 9.17) is 4.74 Å². The van der Waals surface area contributed by atoms with E-state index in [0.29, 0.717) is 22.7 Å². The molecule has 0 bridgehead atoms. The van der Waals surface area contributed by atoms with Crippen molar-refractivity contribution in [3.63, 3.8) is 0 Å². The van der Waals surface area contributed by atoms with Crippen LogP contribution in [0.2, 0.25) is 0 Å². The molecule has 0 saturated carbocycles. The van der Waals surface area contributed by atoms with E-state index in [9.17, 15) is 19.6 Å². The molecule has 0 radical (unpaired) electrons. The van der Waals surface area contributed by atoms with E-state index in [2.05, 4.69) is 16.7 Å². The number of rotatable bonds is 7. The number of nitrogens with one attached hydrogen (secondary N) is 2. The van der Waals surface area contributed by atoms with Crippen LogP contribution in [-0.2, 0) is 20.9 Å². The van der Waals surface area contributed by atoms with Gasteiger partial charge in [-0.1, -0.05) is 53.7 Å². The molecule has 1 aliphatic rings. The quantitative estimate of drug-likeness (QED) is 0.629. The highest BCUT2D eigenvalue weighted by molar-refractivity contribution is 8.03. The Morgan fingerprint density at radius 3 is 2.50 bits per heavy atom. The van der Waals surface area contributed by atoms with Gasteiger partial charge in [-0.05, 0) is 30.2 Å². The van der Waals surface area contributed by atoms with E-state index in [1.165, 1.54) is 7.11 Å². The number of esters is 1. The number of carbonyl (C=O) groups excluding carboxylic acids is 3. The number of methoxy groups -OCH3 is 1. The van der Waals surface area contributed by atoms with Gasteiger partial charge in [0.05, 0.1) is 35.1 Å². The highest BCUT2D eigenvalue weighted by Gasteiger charge is 2.30. The number of aryl methyl sites for hydroxylation is 1. The lowest BCUT2D eigenvalue weighted by Crippen LogP contribution is -2.32. The largest absolute Gasteiger partial charge is 0.465 e. The molecule has 164 valence electrons. The van der Waals surface area contributed by atoms with Gasteiger partial charge in [-0.3, -0.25) is 9.59 Å². The summed E-state index contributed by atoms with van der Waals surface area (Å²) in [5.74, 6) is -1.26. The van der Waals surface area contributed by atoms with Crippen molar-refractivity contribution in [1.29, 1.82) is 5.26 Å². The number of nitrogens with zero attached hydrogens (tertiary/aromatic N) is 1. The summed E-state index contributed by atoms with van der Waals surface area (Å²) in [6.07, 6.45) is 0.115. The second-order valence-corrected chi connectivity index (χ2v) is 8.31. The molecule has 2 amide bonds. The Morgan fingerprint density at radius 1 is 1.19 bits per heavy atom. The molecule has 0 unspecified atom stereocenters. The molecule has 1 heterocycles. The Kier molecular flexibility index (Phi) is 7.68. The van der Waals surface area contributed by atoms with Gasteiger partial charge in [0.2, 0.25) is 11.8 Å². The zero-order chi connectivity index (χ0) is 23.1. The molecule has 1 atom stereocenters. The van der Waals surface area contributed by atoms with Gasteiger partial charge < -0.3 is 15.4 Å². The molecule has 8 heteroatoms. The highest BCUT2D eigenvalue weighted by Crippen LogP contribution is 2.36. The molecular weight excluding hydrogens is 426 g/mol. The van der Waals surface area contributed by atoms with Crippen LogP contribution in [0.3, 0.4) is 0 Å². The highest BCUT2D eigenvalue weighted by atomic mass is 32.2. The van der Waals surface area contributed by atoms with Crippen LogP contribution >= 0.6 is 11.8 Å². The molecule has 2 aromatic carbocycles. The van der Waals surface area contributed by atoms with E-state index in [-0.39, 0.29) is 24.0 Å². The number of nitriles is 1. The maximum atomic E-state index is 12.3. The maximum Gasteiger partial charge on any atom is 0.337 e. The van der Waals surface area contributed by atoms with Crippen molar-refractivity contribution in [2.45, 2.75) is 25.8 Å². The number of hydrogen-bond acceptors (Lipinski definition) is 6. The van der Waals surface area contributed by atoms with Gasteiger partial charge in [0.1, 0.15) is 0 Å². The average Bonchev–Trinajstić information content (AvgIpc) is 2.81. The molecule has 1 aliphatic heterocycles. The van der Waals surface area contributed by atoms with E-state index >= 15 is 0 Å². The summed E-state index contributed by atoms with van der Waals surface area (Å²) in [5, 5.41) is 15.7. The molecular formula is C24H23N3O4S. The molecule has 0 aromatic heterocycles. The van der Waals surface area contributed by atoms with Crippen LogP contribution in [0, 0.1) is 18.3 Å². The minimum absolute atomic E-state index is 0.0701. The predicted molar refractivity (Wildman–Crippen MR) is 121 cm³/mol. The van der Waals surface area contributed by atoms with E-state index in [1.54, 1.807) is 24.3 Å². The molecule has 32 heavy (non-hydrogen) atoms. The summed E-state index contributed by atoms with van der Waals surface area (Å²) in [6, 6.07) is 16.7. The van der Waals surface area contributed by atoms with Crippen molar-refractivity contribution in [2.24, 2.45) is 0 Å². The van der Waals surface area contributed by atoms with Gasteiger partial charge >= 0.3 is 5.97 Å². The minimum Gasteiger partial charge on any atom is -0.465 e. The number of carbonyl (C=O) groups is 3. The lowest BCUT2D eigenvalue weighted by atomic mass is 9.87. The standard InChI is InChI=1S/C24H23N3O4S/c1-15-3-5-16(6-4-15)13-26-22(29)14-32-23-20(12-25)19(11-21(28)27-23)17-7-9-18(10-8-17)24(30)31-2/h3-10,19H,11,13-14H2,1-2H3,(H,26,29)(H,27,28)/t19-/m0/s1. The summed E-state index contributed by atoms with van der Waals surface area (Å²) >= 11 is 1.13. The number of ether oxygens (including phenoxy) is 1. The summed E-state index contributed by atoms with van der Waals surface area (Å²) in [7, 11) is 1.30. The molecule has 0 saturated heterocycles. The number of benzene rings is 2. The minimum atomic E-state index is -0.457. The Bertz CT molecular complexity index is 1090.